The molecule has 3 aromatic rings. The quantitative estimate of drug-likeness (QED) is 0.603. The van der Waals surface area contributed by atoms with E-state index in [1.165, 1.54) is 5.69 Å². The van der Waals surface area contributed by atoms with Gasteiger partial charge < -0.3 is 9.47 Å². The lowest BCUT2D eigenvalue weighted by Gasteiger charge is -2.49. The van der Waals surface area contributed by atoms with E-state index in [2.05, 4.69) is 22.3 Å². The minimum atomic E-state index is -0.395. The molecule has 0 aliphatic carbocycles. The lowest BCUT2D eigenvalue weighted by atomic mass is 9.74. The number of benzene rings is 2. The molecule has 33 heavy (non-hydrogen) atoms. The number of fused-ring (bicyclic) bond motifs is 3. The van der Waals surface area contributed by atoms with Crippen molar-refractivity contribution in [2.45, 2.75) is 24.8 Å². The number of nitrogens with one attached hydrogen (secondary N) is 1. The van der Waals surface area contributed by atoms with Gasteiger partial charge >= 0.3 is 6.09 Å². The minimum absolute atomic E-state index is 0.267. The Morgan fingerprint density at radius 1 is 1.15 bits per heavy atom. The molecule has 3 fully saturated rings. The predicted molar refractivity (Wildman–Crippen MR) is 127 cm³/mol. The number of amides is 1. The van der Waals surface area contributed by atoms with Crippen LogP contribution in [0.2, 0.25) is 0 Å². The smallest absolute Gasteiger partial charge is 0.411 e. The first kappa shape index (κ1) is 21.5. The highest BCUT2D eigenvalue weighted by molar-refractivity contribution is 5.84. The van der Waals surface area contributed by atoms with Gasteiger partial charge in [0.1, 0.15) is 12.4 Å². The summed E-state index contributed by atoms with van der Waals surface area (Å²) >= 11 is 0. The van der Waals surface area contributed by atoms with Crippen molar-refractivity contribution >= 4 is 11.8 Å². The number of rotatable bonds is 6. The number of aromatic nitrogens is 2. The molecule has 7 nitrogen and oxygen atoms in total. The van der Waals surface area contributed by atoms with Crippen molar-refractivity contribution in [3.8, 4) is 17.0 Å². The largest absolute Gasteiger partial charge is 0.496 e. The van der Waals surface area contributed by atoms with Crippen molar-refractivity contribution < 1.29 is 14.3 Å². The van der Waals surface area contributed by atoms with Gasteiger partial charge in [-0.1, -0.05) is 30.3 Å². The van der Waals surface area contributed by atoms with Crippen LogP contribution in [0.4, 0.5) is 10.5 Å². The summed E-state index contributed by atoms with van der Waals surface area (Å²) < 4.78 is 13.1. The molecular weight excluding hydrogens is 416 g/mol. The van der Waals surface area contributed by atoms with Crippen LogP contribution in [0.3, 0.4) is 0 Å². The van der Waals surface area contributed by atoms with Gasteiger partial charge in [-0.05, 0) is 55.6 Å². The number of ether oxygens (including phenoxy) is 2. The van der Waals surface area contributed by atoms with Crippen LogP contribution in [0.1, 0.15) is 24.5 Å². The number of nitrogens with zero attached hydrogens (tertiary/aromatic N) is 3. The number of carbonyl (C=O) groups excluding carboxylic acids is 1. The summed E-state index contributed by atoms with van der Waals surface area (Å²) in [6.45, 7) is 2.43. The molecule has 0 spiro atoms. The SMILES string of the molecule is COc1ccccc1-c1cc(C2CN3CCC2CC3COC(=O)Nc2ccccc2)n(C)n1. The van der Waals surface area contributed by atoms with Crippen LogP contribution >= 0.6 is 0 Å². The van der Waals surface area contributed by atoms with E-state index in [0.29, 0.717) is 18.4 Å². The minimum Gasteiger partial charge on any atom is -0.496 e. The van der Waals surface area contributed by atoms with E-state index in [-0.39, 0.29) is 6.04 Å². The summed E-state index contributed by atoms with van der Waals surface area (Å²) in [6, 6.07) is 19.9. The predicted octanol–water partition coefficient (Wildman–Crippen LogP) is 4.52. The summed E-state index contributed by atoms with van der Waals surface area (Å²) in [5.41, 5.74) is 3.96. The number of para-hydroxylation sites is 2. The Labute approximate surface area is 194 Å². The van der Waals surface area contributed by atoms with Gasteiger partial charge in [0.05, 0.1) is 12.8 Å². The van der Waals surface area contributed by atoms with Crippen molar-refractivity contribution in [3.05, 3.63) is 66.4 Å². The number of piperidine rings is 3. The number of methoxy groups -OCH3 is 1. The number of anilines is 1. The average Bonchev–Trinajstić information content (AvgIpc) is 3.25. The summed E-state index contributed by atoms with van der Waals surface area (Å²) in [7, 11) is 3.72. The molecule has 1 N–H and O–H groups in total. The lowest BCUT2D eigenvalue weighted by Crippen LogP contribution is -2.54. The Morgan fingerprint density at radius 3 is 2.70 bits per heavy atom. The second kappa shape index (κ2) is 9.27. The average molecular weight is 447 g/mol. The van der Waals surface area contributed by atoms with Gasteiger partial charge in [0.2, 0.25) is 0 Å². The molecule has 4 unspecified atom stereocenters. The van der Waals surface area contributed by atoms with E-state index in [4.69, 9.17) is 14.6 Å². The van der Waals surface area contributed by atoms with Crippen LogP contribution in [-0.4, -0.2) is 53.6 Å². The summed E-state index contributed by atoms with van der Waals surface area (Å²) in [4.78, 5) is 14.7. The number of hydrogen-bond donors (Lipinski definition) is 1. The van der Waals surface area contributed by atoms with Gasteiger partial charge in [-0.15, -0.1) is 0 Å². The van der Waals surface area contributed by atoms with E-state index in [0.717, 1.165) is 48.6 Å². The van der Waals surface area contributed by atoms with Gasteiger partial charge in [-0.25, -0.2) is 4.79 Å². The summed E-state index contributed by atoms with van der Waals surface area (Å²) in [5, 5.41) is 7.60. The highest BCUT2D eigenvalue weighted by Gasteiger charge is 2.42. The molecule has 3 saturated heterocycles. The van der Waals surface area contributed by atoms with E-state index in [1.54, 1.807) is 7.11 Å². The Bertz CT molecular complexity index is 1110. The first-order valence-electron chi connectivity index (χ1n) is 11.5. The summed E-state index contributed by atoms with van der Waals surface area (Å²) in [6.07, 6.45) is 1.79. The van der Waals surface area contributed by atoms with E-state index >= 15 is 0 Å². The molecule has 2 bridgehead atoms. The maximum Gasteiger partial charge on any atom is 0.411 e. The standard InChI is InChI=1S/C26H30N4O3/c1-29-24(15-23(28-29)21-10-6-7-11-25(21)32-2)22-16-30-13-12-18(22)14-20(30)17-33-26(31)27-19-8-4-3-5-9-19/h3-11,15,18,20,22H,12-14,16-17H2,1-2H3,(H,27,31). The molecule has 4 atom stereocenters. The molecule has 1 aromatic heterocycles. The zero-order valence-corrected chi connectivity index (χ0v) is 19.1. The molecule has 0 radical (unpaired) electrons. The van der Waals surface area contributed by atoms with E-state index < -0.39 is 6.09 Å². The normalized spacial score (nSPS) is 23.8. The molecule has 3 aliphatic rings. The molecule has 4 heterocycles. The lowest BCUT2D eigenvalue weighted by molar-refractivity contribution is -0.00222. The Kier molecular flexibility index (Phi) is 6.05. The van der Waals surface area contributed by atoms with Crippen molar-refractivity contribution in [2.24, 2.45) is 13.0 Å². The topological polar surface area (TPSA) is 68.6 Å². The van der Waals surface area contributed by atoms with Crippen molar-refractivity contribution in [2.75, 3.05) is 32.1 Å². The van der Waals surface area contributed by atoms with E-state index in [9.17, 15) is 4.79 Å². The fraction of sp³-hybridized carbons (Fsp3) is 0.385. The molecule has 1 amide bonds. The fourth-order valence-corrected chi connectivity index (χ4v) is 5.31. The molecule has 6 rings (SSSR count). The van der Waals surface area contributed by atoms with Gasteiger partial charge in [-0.3, -0.25) is 14.9 Å². The second-order valence-electron chi connectivity index (χ2n) is 8.91. The van der Waals surface area contributed by atoms with Crippen LogP contribution in [0.15, 0.2) is 60.7 Å². The van der Waals surface area contributed by atoms with Crippen LogP contribution in [0.25, 0.3) is 11.3 Å². The van der Waals surface area contributed by atoms with Gasteiger partial charge in [0, 0.05) is 42.5 Å². The molecule has 7 heteroatoms. The van der Waals surface area contributed by atoms with Crippen LogP contribution in [-0.2, 0) is 11.8 Å². The maximum atomic E-state index is 12.2. The molecule has 0 saturated carbocycles. The highest BCUT2D eigenvalue weighted by atomic mass is 16.5. The van der Waals surface area contributed by atoms with Crippen molar-refractivity contribution in [1.29, 1.82) is 0 Å². The number of aryl methyl sites for hydroxylation is 1. The zero-order valence-electron chi connectivity index (χ0n) is 19.1. The monoisotopic (exact) mass is 446 g/mol. The maximum absolute atomic E-state index is 12.2. The van der Waals surface area contributed by atoms with Crippen LogP contribution < -0.4 is 10.1 Å². The first-order valence-corrected chi connectivity index (χ1v) is 11.5. The van der Waals surface area contributed by atoms with Gasteiger partial charge in [0.15, 0.2) is 0 Å². The second-order valence-corrected chi connectivity index (χ2v) is 8.91. The highest BCUT2D eigenvalue weighted by Crippen LogP contribution is 2.43. The van der Waals surface area contributed by atoms with Gasteiger partial charge in [-0.2, -0.15) is 5.10 Å². The molecule has 2 aromatic carbocycles. The Balaban J connectivity index is 1.24. The van der Waals surface area contributed by atoms with Crippen LogP contribution in [0.5, 0.6) is 5.75 Å². The Hall–Kier alpha value is -3.32. The molecular formula is C26H30N4O3. The zero-order chi connectivity index (χ0) is 22.8. The third-order valence-corrected chi connectivity index (χ3v) is 6.98. The van der Waals surface area contributed by atoms with Crippen molar-refractivity contribution in [1.82, 2.24) is 14.7 Å². The van der Waals surface area contributed by atoms with Crippen LogP contribution in [0, 0.1) is 5.92 Å². The fourth-order valence-electron chi connectivity index (χ4n) is 5.31. The third kappa shape index (κ3) is 4.46. The first-order chi connectivity index (χ1) is 16.1. The van der Waals surface area contributed by atoms with Crippen molar-refractivity contribution in [3.63, 3.8) is 0 Å². The molecule has 172 valence electrons. The number of carbonyl (C=O) groups is 1. The van der Waals surface area contributed by atoms with E-state index in [1.807, 2.05) is 60.3 Å². The Morgan fingerprint density at radius 2 is 1.94 bits per heavy atom. The number of hydrogen-bond acceptors (Lipinski definition) is 5. The summed E-state index contributed by atoms with van der Waals surface area (Å²) in [5.74, 6) is 1.82. The third-order valence-electron chi connectivity index (χ3n) is 6.98. The molecule has 3 aliphatic heterocycles. The van der Waals surface area contributed by atoms with Gasteiger partial charge in [0.25, 0.3) is 0 Å².